The molecule has 5 heteroatoms. The van der Waals surface area contributed by atoms with E-state index in [4.69, 9.17) is 9.47 Å². The Morgan fingerprint density at radius 3 is 2.55 bits per heavy atom. The largest absolute Gasteiger partial charge is 0.488 e. The van der Waals surface area contributed by atoms with Crippen molar-refractivity contribution in [3.05, 3.63) is 52.3 Å². The Kier molecular flexibility index (Phi) is 7.79. The summed E-state index contributed by atoms with van der Waals surface area (Å²) in [6, 6.07) is 8.24. The Morgan fingerprint density at radius 2 is 1.88 bits per heavy atom. The second-order valence-corrected chi connectivity index (χ2v) is 9.95. The lowest BCUT2D eigenvalue weighted by atomic mass is 9.73. The first-order valence-corrected chi connectivity index (χ1v) is 12.0. The Balaban J connectivity index is 1.70. The van der Waals surface area contributed by atoms with Gasteiger partial charge in [-0.1, -0.05) is 26.7 Å². The molecule has 0 spiro atoms. The fourth-order valence-corrected chi connectivity index (χ4v) is 4.64. The van der Waals surface area contributed by atoms with Crippen molar-refractivity contribution in [2.75, 3.05) is 6.61 Å². The number of aromatic nitrogens is 2. The van der Waals surface area contributed by atoms with Crippen LogP contribution in [0.3, 0.4) is 0 Å². The van der Waals surface area contributed by atoms with Gasteiger partial charge in [-0.2, -0.15) is 5.10 Å². The second kappa shape index (κ2) is 10.4. The number of unbranched alkanes of at least 4 members (excludes halogenated alkanes) is 1. The molecule has 33 heavy (non-hydrogen) atoms. The molecule has 1 aliphatic rings. The van der Waals surface area contributed by atoms with Gasteiger partial charge < -0.3 is 9.47 Å². The molecule has 0 unspecified atom stereocenters. The summed E-state index contributed by atoms with van der Waals surface area (Å²) in [4.78, 5) is 11.4. The normalized spacial score (nSPS) is 15.6. The SMILES string of the molecule is CCOC(=O)CCCCc1ccc(C#Cc2cc3c(cc2CC)OC(C)(C)CC3(C)C)nn1. The fourth-order valence-electron chi connectivity index (χ4n) is 4.64. The molecule has 2 aromatic rings. The molecule has 1 aromatic heterocycles. The van der Waals surface area contributed by atoms with Crippen LogP contribution >= 0.6 is 0 Å². The molecule has 1 aromatic carbocycles. The van der Waals surface area contributed by atoms with Crippen LogP contribution in [-0.4, -0.2) is 28.4 Å². The molecule has 1 aliphatic heterocycles. The lowest BCUT2D eigenvalue weighted by Gasteiger charge is -2.42. The smallest absolute Gasteiger partial charge is 0.305 e. The number of aryl methyl sites for hydroxylation is 2. The zero-order valence-electron chi connectivity index (χ0n) is 20.9. The number of fused-ring (bicyclic) bond motifs is 1. The Hall–Kier alpha value is -2.87. The summed E-state index contributed by atoms with van der Waals surface area (Å²) in [5.41, 5.74) is 4.83. The highest BCUT2D eigenvalue weighted by Gasteiger charge is 2.39. The first kappa shape index (κ1) is 24.8. The van der Waals surface area contributed by atoms with Gasteiger partial charge in [-0.25, -0.2) is 0 Å². The zero-order chi connectivity index (χ0) is 24.1. The minimum atomic E-state index is -0.176. The van der Waals surface area contributed by atoms with Crippen LogP contribution in [0.15, 0.2) is 24.3 Å². The third kappa shape index (κ3) is 6.57. The van der Waals surface area contributed by atoms with Gasteiger partial charge in [0, 0.05) is 17.5 Å². The molecule has 3 rings (SSSR count). The first-order chi connectivity index (χ1) is 15.6. The molecule has 5 nitrogen and oxygen atoms in total. The summed E-state index contributed by atoms with van der Waals surface area (Å²) >= 11 is 0. The van der Waals surface area contributed by atoms with Crippen molar-refractivity contribution in [2.24, 2.45) is 0 Å². The highest BCUT2D eigenvalue weighted by atomic mass is 16.5. The van der Waals surface area contributed by atoms with Crippen LogP contribution < -0.4 is 4.74 Å². The number of esters is 1. The van der Waals surface area contributed by atoms with E-state index < -0.39 is 0 Å². The highest BCUT2D eigenvalue weighted by molar-refractivity contribution is 5.69. The van der Waals surface area contributed by atoms with E-state index in [1.165, 1.54) is 11.1 Å². The average molecular weight is 449 g/mol. The van der Waals surface area contributed by atoms with Crippen molar-refractivity contribution in [1.82, 2.24) is 10.2 Å². The van der Waals surface area contributed by atoms with Crippen LogP contribution in [0, 0.1) is 11.8 Å². The monoisotopic (exact) mass is 448 g/mol. The summed E-state index contributed by atoms with van der Waals surface area (Å²) in [6.45, 7) is 13.2. The van der Waals surface area contributed by atoms with E-state index in [-0.39, 0.29) is 17.0 Å². The van der Waals surface area contributed by atoms with Gasteiger partial charge in [0.25, 0.3) is 0 Å². The Morgan fingerprint density at radius 1 is 1.09 bits per heavy atom. The highest BCUT2D eigenvalue weighted by Crippen LogP contribution is 2.45. The van der Waals surface area contributed by atoms with Crippen LogP contribution in [0.5, 0.6) is 5.75 Å². The number of hydrogen-bond acceptors (Lipinski definition) is 5. The maximum atomic E-state index is 11.4. The van der Waals surface area contributed by atoms with E-state index in [1.807, 2.05) is 19.1 Å². The van der Waals surface area contributed by atoms with Crippen molar-refractivity contribution in [2.45, 2.75) is 91.1 Å². The molecule has 0 amide bonds. The molecule has 0 saturated carbocycles. The number of ether oxygens (including phenoxy) is 2. The van der Waals surface area contributed by atoms with Crippen LogP contribution in [0.2, 0.25) is 0 Å². The van der Waals surface area contributed by atoms with E-state index >= 15 is 0 Å². The third-order valence-electron chi connectivity index (χ3n) is 5.98. The summed E-state index contributed by atoms with van der Waals surface area (Å²) in [6.07, 6.45) is 4.75. The number of benzene rings is 1. The molecule has 0 atom stereocenters. The topological polar surface area (TPSA) is 61.3 Å². The first-order valence-electron chi connectivity index (χ1n) is 12.0. The Labute approximate surface area is 198 Å². The minimum absolute atomic E-state index is 0.0223. The van der Waals surface area contributed by atoms with Gasteiger partial charge in [-0.15, -0.1) is 5.10 Å². The van der Waals surface area contributed by atoms with Gasteiger partial charge in [-0.05, 0) is 94.0 Å². The number of hydrogen-bond donors (Lipinski definition) is 0. The van der Waals surface area contributed by atoms with E-state index in [1.54, 1.807) is 0 Å². The van der Waals surface area contributed by atoms with Gasteiger partial charge in [-0.3, -0.25) is 4.79 Å². The maximum absolute atomic E-state index is 11.4. The van der Waals surface area contributed by atoms with Gasteiger partial charge in [0.2, 0.25) is 0 Å². The Bertz CT molecular complexity index is 1040. The summed E-state index contributed by atoms with van der Waals surface area (Å²) < 4.78 is 11.2. The number of carbonyl (C=O) groups is 1. The molecular weight excluding hydrogens is 412 g/mol. The van der Waals surface area contributed by atoms with Crippen LogP contribution in [0.25, 0.3) is 0 Å². The van der Waals surface area contributed by atoms with Crippen molar-refractivity contribution < 1.29 is 14.3 Å². The molecular formula is C28H36N2O3. The third-order valence-corrected chi connectivity index (χ3v) is 5.98. The van der Waals surface area contributed by atoms with Gasteiger partial charge in [0.15, 0.2) is 0 Å². The van der Waals surface area contributed by atoms with E-state index in [9.17, 15) is 4.79 Å². The van der Waals surface area contributed by atoms with Gasteiger partial charge >= 0.3 is 5.97 Å². The molecule has 0 N–H and O–H groups in total. The minimum Gasteiger partial charge on any atom is -0.488 e. The second-order valence-electron chi connectivity index (χ2n) is 9.95. The predicted molar refractivity (Wildman–Crippen MR) is 130 cm³/mol. The molecule has 176 valence electrons. The van der Waals surface area contributed by atoms with Gasteiger partial charge in [0.1, 0.15) is 17.0 Å². The number of nitrogens with zero attached hydrogens (tertiary/aromatic N) is 2. The summed E-state index contributed by atoms with van der Waals surface area (Å²) in [7, 11) is 0. The van der Waals surface area contributed by atoms with E-state index in [2.05, 4.69) is 68.8 Å². The average Bonchev–Trinajstić information content (AvgIpc) is 2.74. The predicted octanol–water partition coefficient (Wildman–Crippen LogP) is 5.55. The maximum Gasteiger partial charge on any atom is 0.305 e. The molecule has 0 radical (unpaired) electrons. The lowest BCUT2D eigenvalue weighted by molar-refractivity contribution is -0.143. The number of rotatable bonds is 7. The quantitative estimate of drug-likeness (QED) is 0.316. The van der Waals surface area contributed by atoms with Crippen molar-refractivity contribution in [3.63, 3.8) is 0 Å². The molecule has 0 saturated heterocycles. The molecule has 0 bridgehead atoms. The lowest BCUT2D eigenvalue weighted by Crippen LogP contribution is -2.41. The number of carbonyl (C=O) groups excluding carboxylic acids is 1. The van der Waals surface area contributed by atoms with Gasteiger partial charge in [0.05, 0.1) is 12.3 Å². The summed E-state index contributed by atoms with van der Waals surface area (Å²) in [5, 5.41) is 8.59. The van der Waals surface area contributed by atoms with Crippen molar-refractivity contribution >= 4 is 5.97 Å². The van der Waals surface area contributed by atoms with Crippen LogP contribution in [-0.2, 0) is 27.8 Å². The molecule has 0 aliphatic carbocycles. The standard InChI is InChI=1S/C28H36N2O3/c1-7-20-18-25-24(27(3,4)19-28(5,6)33-25)17-21(20)13-14-23-16-15-22(29-30-23)11-9-10-12-26(31)32-8-2/h15-18H,7-12,19H2,1-6H3. The van der Waals surface area contributed by atoms with Crippen LogP contribution in [0.1, 0.15) is 95.3 Å². The van der Waals surface area contributed by atoms with E-state index in [0.717, 1.165) is 49.1 Å². The zero-order valence-corrected chi connectivity index (χ0v) is 20.9. The molecule has 0 fully saturated rings. The molecule has 2 heterocycles. The van der Waals surface area contributed by atoms with Crippen molar-refractivity contribution in [3.8, 4) is 17.6 Å². The van der Waals surface area contributed by atoms with Crippen LogP contribution in [0.4, 0.5) is 0 Å². The summed E-state index contributed by atoms with van der Waals surface area (Å²) in [5.74, 6) is 7.35. The fraction of sp³-hybridized carbons (Fsp3) is 0.536. The van der Waals surface area contributed by atoms with E-state index in [0.29, 0.717) is 18.7 Å². The van der Waals surface area contributed by atoms with Crippen molar-refractivity contribution in [1.29, 1.82) is 0 Å².